The van der Waals surface area contributed by atoms with Crippen molar-refractivity contribution in [3.8, 4) is 22.1 Å². The van der Waals surface area contributed by atoms with Gasteiger partial charge in [0.15, 0.2) is 0 Å². The summed E-state index contributed by atoms with van der Waals surface area (Å²) in [7, 11) is 1.65. The SMILES string of the molecule is CCOC(=O)c1cnn(-c2nc(-c3ccc(OC)cc3)cs2)c1CNCCCN1CCOCC1. The number of hydrogen-bond acceptors (Lipinski definition) is 9. The lowest BCUT2D eigenvalue weighted by Crippen LogP contribution is -2.37. The second kappa shape index (κ2) is 12.1. The molecule has 0 unspecified atom stereocenters. The molecule has 0 atom stereocenters. The molecule has 2 aromatic heterocycles. The van der Waals surface area contributed by atoms with Crippen LogP contribution in [0.25, 0.3) is 16.4 Å². The van der Waals surface area contributed by atoms with Crippen molar-refractivity contribution in [1.82, 2.24) is 25.0 Å². The molecule has 0 bridgehead atoms. The van der Waals surface area contributed by atoms with Gasteiger partial charge in [-0.3, -0.25) is 4.90 Å². The van der Waals surface area contributed by atoms with Crippen LogP contribution in [-0.2, 0) is 16.0 Å². The fourth-order valence-electron chi connectivity index (χ4n) is 3.80. The van der Waals surface area contributed by atoms with Crippen LogP contribution in [0.4, 0.5) is 0 Å². The molecular weight excluding hydrogens is 454 g/mol. The average molecular weight is 486 g/mol. The van der Waals surface area contributed by atoms with Gasteiger partial charge in [-0.2, -0.15) is 5.10 Å². The van der Waals surface area contributed by atoms with Crippen molar-refractivity contribution in [3.63, 3.8) is 0 Å². The second-order valence-corrected chi connectivity index (χ2v) is 8.70. The number of thiazole rings is 1. The van der Waals surface area contributed by atoms with E-state index in [0.717, 1.165) is 68.5 Å². The number of carbonyl (C=O) groups is 1. The number of methoxy groups -OCH3 is 1. The first-order chi connectivity index (χ1) is 16.7. The van der Waals surface area contributed by atoms with Crippen molar-refractivity contribution in [2.75, 3.05) is 53.1 Å². The molecule has 3 aromatic rings. The quantitative estimate of drug-likeness (QED) is 0.327. The number of rotatable bonds is 11. The van der Waals surface area contributed by atoms with E-state index in [1.807, 2.05) is 29.6 Å². The Kier molecular flexibility index (Phi) is 8.64. The van der Waals surface area contributed by atoms with Crippen LogP contribution in [0, 0.1) is 0 Å². The monoisotopic (exact) mass is 485 g/mol. The minimum atomic E-state index is -0.370. The van der Waals surface area contributed by atoms with Crippen molar-refractivity contribution in [2.24, 2.45) is 0 Å². The molecule has 1 aliphatic heterocycles. The third-order valence-electron chi connectivity index (χ3n) is 5.65. The van der Waals surface area contributed by atoms with Gasteiger partial charge in [-0.15, -0.1) is 11.3 Å². The summed E-state index contributed by atoms with van der Waals surface area (Å²) in [5, 5.41) is 10.6. The Morgan fingerprint density at radius 1 is 1.24 bits per heavy atom. The topological polar surface area (TPSA) is 90.7 Å². The molecule has 182 valence electrons. The Morgan fingerprint density at radius 3 is 2.76 bits per heavy atom. The third-order valence-corrected chi connectivity index (χ3v) is 6.46. The number of carbonyl (C=O) groups excluding carboxylic acids is 1. The predicted octanol–water partition coefficient (Wildman–Crippen LogP) is 2.99. The van der Waals surface area contributed by atoms with Crippen LogP contribution in [-0.4, -0.2) is 78.7 Å². The van der Waals surface area contributed by atoms with Crippen LogP contribution in [0.15, 0.2) is 35.8 Å². The minimum absolute atomic E-state index is 0.315. The number of nitrogens with zero attached hydrogens (tertiary/aromatic N) is 4. The number of esters is 1. The Bertz CT molecular complexity index is 1060. The summed E-state index contributed by atoms with van der Waals surface area (Å²) in [6.07, 6.45) is 2.58. The number of morpholine rings is 1. The number of aromatic nitrogens is 3. The molecule has 0 amide bonds. The molecule has 0 spiro atoms. The Labute approximate surface area is 203 Å². The van der Waals surface area contributed by atoms with Crippen molar-refractivity contribution in [2.45, 2.75) is 19.9 Å². The first kappa shape index (κ1) is 24.3. The minimum Gasteiger partial charge on any atom is -0.497 e. The van der Waals surface area contributed by atoms with Gasteiger partial charge < -0.3 is 19.5 Å². The summed E-state index contributed by atoms with van der Waals surface area (Å²) in [6, 6.07) is 7.77. The summed E-state index contributed by atoms with van der Waals surface area (Å²) in [6.45, 7) is 8.06. The summed E-state index contributed by atoms with van der Waals surface area (Å²) in [5.41, 5.74) is 3.05. The van der Waals surface area contributed by atoms with E-state index in [1.165, 1.54) is 11.3 Å². The highest BCUT2D eigenvalue weighted by molar-refractivity contribution is 7.12. The molecule has 1 N–H and O–H groups in total. The lowest BCUT2D eigenvalue weighted by atomic mass is 10.2. The fraction of sp³-hybridized carbons (Fsp3) is 0.458. The second-order valence-electron chi connectivity index (χ2n) is 7.87. The predicted molar refractivity (Wildman–Crippen MR) is 131 cm³/mol. The van der Waals surface area contributed by atoms with E-state index >= 15 is 0 Å². The van der Waals surface area contributed by atoms with Gasteiger partial charge in [0.25, 0.3) is 0 Å². The smallest absolute Gasteiger partial charge is 0.341 e. The van der Waals surface area contributed by atoms with E-state index in [0.29, 0.717) is 23.8 Å². The number of benzene rings is 1. The maximum Gasteiger partial charge on any atom is 0.341 e. The highest BCUT2D eigenvalue weighted by Gasteiger charge is 2.21. The number of ether oxygens (including phenoxy) is 3. The van der Waals surface area contributed by atoms with Crippen molar-refractivity contribution >= 4 is 17.3 Å². The molecule has 1 aliphatic rings. The standard InChI is InChI=1S/C24H31N5O4S/c1-3-33-23(30)20-15-26-29(22(20)16-25-9-4-10-28-11-13-32-14-12-28)24-27-21(17-34-24)18-5-7-19(31-2)8-6-18/h5-8,15,17,25H,3-4,9-14,16H2,1-2H3. The molecule has 10 heteroatoms. The first-order valence-corrected chi connectivity index (χ1v) is 12.4. The van der Waals surface area contributed by atoms with Crippen LogP contribution in [0.3, 0.4) is 0 Å². The molecule has 3 heterocycles. The molecule has 34 heavy (non-hydrogen) atoms. The van der Waals surface area contributed by atoms with Crippen LogP contribution in [0.2, 0.25) is 0 Å². The summed E-state index contributed by atoms with van der Waals surface area (Å²) in [4.78, 5) is 19.7. The maximum absolute atomic E-state index is 12.5. The summed E-state index contributed by atoms with van der Waals surface area (Å²) < 4.78 is 17.6. The van der Waals surface area contributed by atoms with Gasteiger partial charge in [-0.05, 0) is 50.7 Å². The zero-order valence-corrected chi connectivity index (χ0v) is 20.5. The molecule has 1 saturated heterocycles. The third kappa shape index (κ3) is 6.01. The van der Waals surface area contributed by atoms with E-state index in [2.05, 4.69) is 15.3 Å². The number of nitrogens with one attached hydrogen (secondary N) is 1. The Balaban J connectivity index is 1.46. The largest absolute Gasteiger partial charge is 0.497 e. The van der Waals surface area contributed by atoms with Crippen LogP contribution >= 0.6 is 11.3 Å². The van der Waals surface area contributed by atoms with Gasteiger partial charge in [0, 0.05) is 30.6 Å². The van der Waals surface area contributed by atoms with E-state index in [-0.39, 0.29) is 5.97 Å². The Morgan fingerprint density at radius 2 is 2.03 bits per heavy atom. The molecule has 0 saturated carbocycles. The highest BCUT2D eigenvalue weighted by atomic mass is 32.1. The lowest BCUT2D eigenvalue weighted by Gasteiger charge is -2.26. The van der Waals surface area contributed by atoms with Crippen LogP contribution in [0.5, 0.6) is 5.75 Å². The van der Waals surface area contributed by atoms with E-state index in [9.17, 15) is 4.79 Å². The van der Waals surface area contributed by atoms with Gasteiger partial charge in [-0.25, -0.2) is 14.5 Å². The van der Waals surface area contributed by atoms with Gasteiger partial charge in [-0.1, -0.05) is 0 Å². The average Bonchev–Trinajstić information content (AvgIpc) is 3.52. The van der Waals surface area contributed by atoms with Crippen molar-refractivity contribution in [3.05, 3.63) is 47.1 Å². The lowest BCUT2D eigenvalue weighted by molar-refractivity contribution is 0.0374. The molecule has 1 aromatic carbocycles. The fourth-order valence-corrected chi connectivity index (χ4v) is 4.62. The van der Waals surface area contributed by atoms with E-state index in [4.69, 9.17) is 19.2 Å². The molecule has 1 fully saturated rings. The van der Waals surface area contributed by atoms with Crippen LogP contribution in [0.1, 0.15) is 29.4 Å². The molecule has 9 nitrogen and oxygen atoms in total. The zero-order valence-electron chi connectivity index (χ0n) is 19.7. The van der Waals surface area contributed by atoms with Gasteiger partial charge in [0.1, 0.15) is 11.3 Å². The van der Waals surface area contributed by atoms with Gasteiger partial charge in [0.2, 0.25) is 5.13 Å². The zero-order chi connectivity index (χ0) is 23.8. The Hall–Kier alpha value is -2.79. The molecule has 0 aliphatic carbocycles. The van der Waals surface area contributed by atoms with Gasteiger partial charge >= 0.3 is 5.97 Å². The highest BCUT2D eigenvalue weighted by Crippen LogP contribution is 2.27. The molecular formula is C24H31N5O4S. The van der Waals surface area contributed by atoms with E-state index in [1.54, 1.807) is 24.9 Å². The summed E-state index contributed by atoms with van der Waals surface area (Å²) in [5.74, 6) is 0.429. The van der Waals surface area contributed by atoms with Crippen molar-refractivity contribution in [1.29, 1.82) is 0 Å². The van der Waals surface area contributed by atoms with Crippen molar-refractivity contribution < 1.29 is 19.0 Å². The normalized spacial score (nSPS) is 14.3. The van der Waals surface area contributed by atoms with E-state index < -0.39 is 0 Å². The maximum atomic E-state index is 12.5. The molecule has 0 radical (unpaired) electrons. The van der Waals surface area contributed by atoms with Crippen LogP contribution < -0.4 is 10.1 Å². The summed E-state index contributed by atoms with van der Waals surface area (Å²) >= 11 is 1.48. The first-order valence-electron chi connectivity index (χ1n) is 11.5. The number of hydrogen-bond donors (Lipinski definition) is 1. The van der Waals surface area contributed by atoms with Gasteiger partial charge in [0.05, 0.1) is 44.5 Å². The molecule has 4 rings (SSSR count).